The van der Waals surface area contributed by atoms with E-state index in [9.17, 15) is 64.2 Å². The normalized spacial score (nSPS) is 30.1. The number of aliphatic hydroxyl groups excluding tert-OH is 6. The molecule has 0 spiro atoms. The van der Waals surface area contributed by atoms with Crippen LogP contribution in [0.15, 0.2) is 0 Å². The Balaban J connectivity index is 1.80. The zero-order valence-electron chi connectivity index (χ0n) is 49.6. The maximum absolute atomic E-state index is 14.6. The number of amides is 6. The molecule has 0 aromatic heterocycles. The van der Waals surface area contributed by atoms with Crippen molar-refractivity contribution in [3.05, 3.63) is 0 Å². The predicted octanol–water partition coefficient (Wildman–Crippen LogP) is -1.12. The number of carbonyl (C=O) groups is 7. The Morgan fingerprint density at radius 3 is 1.50 bits per heavy atom. The highest BCUT2D eigenvalue weighted by atomic mass is 16.5. The van der Waals surface area contributed by atoms with Gasteiger partial charge in [-0.05, 0) is 90.0 Å². The molecule has 3 unspecified atom stereocenters. The summed E-state index contributed by atoms with van der Waals surface area (Å²) in [5, 5.41) is 79.7. The van der Waals surface area contributed by atoms with Crippen LogP contribution in [0, 0.1) is 17.8 Å². The van der Waals surface area contributed by atoms with Crippen molar-refractivity contribution in [2.75, 3.05) is 46.2 Å². The Morgan fingerprint density at radius 2 is 1.07 bits per heavy atom. The van der Waals surface area contributed by atoms with Gasteiger partial charge in [0.2, 0.25) is 35.4 Å². The third kappa shape index (κ3) is 22.6. The molecular formula is C55H100N8O17. The van der Waals surface area contributed by atoms with E-state index in [-0.39, 0.29) is 64.3 Å². The minimum Gasteiger partial charge on any atom is -0.388 e. The van der Waals surface area contributed by atoms with Gasteiger partial charge in [-0.15, -0.1) is 0 Å². The molecule has 25 heteroatoms. The molecule has 3 aliphatic rings. The van der Waals surface area contributed by atoms with Crippen LogP contribution < -0.4 is 37.6 Å². The van der Waals surface area contributed by atoms with E-state index in [2.05, 4.69) is 26.6 Å². The van der Waals surface area contributed by atoms with Crippen LogP contribution in [0.4, 0.5) is 0 Å². The lowest BCUT2D eigenvalue weighted by atomic mass is 9.88. The lowest BCUT2D eigenvalue weighted by Gasteiger charge is -2.43. The largest absolute Gasteiger partial charge is 0.388 e. The average Bonchev–Trinajstić information content (AvgIpc) is 3.44. The number of hydrogen-bond acceptors (Lipinski definition) is 19. The number of ketones is 1. The lowest BCUT2D eigenvalue weighted by Crippen LogP contribution is -2.63. The molecule has 14 N–H and O–H groups in total. The Hall–Kier alpha value is -3.99. The number of aliphatic hydroxyl groups is 6. The van der Waals surface area contributed by atoms with Crippen LogP contribution >= 0.6 is 0 Å². The molecular weight excluding hydrogens is 1040 g/mol. The first-order valence-electron chi connectivity index (χ1n) is 29.6. The maximum Gasteiger partial charge on any atom is 0.236 e. The van der Waals surface area contributed by atoms with Crippen molar-refractivity contribution < 1.29 is 84.6 Å². The smallest absolute Gasteiger partial charge is 0.236 e. The predicted molar refractivity (Wildman–Crippen MR) is 294 cm³/mol. The van der Waals surface area contributed by atoms with Gasteiger partial charge in [0.1, 0.15) is 38.0 Å². The van der Waals surface area contributed by atoms with Gasteiger partial charge in [0.15, 0.2) is 5.78 Å². The van der Waals surface area contributed by atoms with E-state index in [0.29, 0.717) is 89.9 Å². The summed E-state index contributed by atoms with van der Waals surface area (Å²) in [4.78, 5) is 91.1. The van der Waals surface area contributed by atoms with E-state index >= 15 is 0 Å². The van der Waals surface area contributed by atoms with Crippen molar-refractivity contribution in [2.24, 2.45) is 23.5 Å². The number of ether oxygens (including phenoxy) is 4. The minimum atomic E-state index is -1.29. The van der Waals surface area contributed by atoms with Gasteiger partial charge in [0.25, 0.3) is 0 Å². The molecule has 80 heavy (non-hydrogen) atoms. The minimum absolute atomic E-state index is 0.0234. The first-order valence-corrected chi connectivity index (χ1v) is 29.1. The second kappa shape index (κ2) is 36.6. The molecule has 18 atom stereocenters. The first kappa shape index (κ1) is 68.5. The van der Waals surface area contributed by atoms with Gasteiger partial charge in [0, 0.05) is 45.1 Å². The van der Waals surface area contributed by atoms with Crippen LogP contribution in [0.5, 0.6) is 0 Å². The number of hydrogen-bond donors (Lipinski definition) is 13. The van der Waals surface area contributed by atoms with Crippen molar-refractivity contribution in [2.45, 2.75) is 243 Å². The van der Waals surface area contributed by atoms with E-state index in [0.717, 1.165) is 5.31 Å². The van der Waals surface area contributed by atoms with Crippen molar-refractivity contribution in [1.29, 1.82) is 0 Å². The Kier molecular flexibility index (Phi) is 31.3. The highest BCUT2D eigenvalue weighted by molar-refractivity contribution is 5.88. The topological polar surface area (TPSA) is 379 Å². The van der Waals surface area contributed by atoms with Gasteiger partial charge >= 0.3 is 0 Å². The van der Waals surface area contributed by atoms with E-state index < -0.39 is 139 Å². The van der Waals surface area contributed by atoms with E-state index in [4.69, 9.17) is 26.1 Å². The maximum atomic E-state index is 14.6. The molecule has 462 valence electrons. The summed E-state index contributed by atoms with van der Waals surface area (Å²) in [5.41, 5.74) is 5.42. The van der Waals surface area contributed by atoms with Gasteiger partial charge in [-0.1, -0.05) is 47.5 Å². The molecule has 0 bridgehead atoms. The second-order valence-corrected chi connectivity index (χ2v) is 22.0. The first-order chi connectivity index (χ1) is 38.4. The zero-order valence-corrected chi connectivity index (χ0v) is 48.6. The summed E-state index contributed by atoms with van der Waals surface area (Å²) in [6.07, 6.45) is -5.30. The summed E-state index contributed by atoms with van der Waals surface area (Å²) in [7, 11) is 0. The molecule has 0 aromatic rings. The molecule has 3 fully saturated rings. The number of unbranched alkanes of at least 4 members (excludes halogenated alkanes) is 3. The highest BCUT2D eigenvalue weighted by Gasteiger charge is 2.46. The fraction of sp³-hybridized carbons (Fsp3) is 0.873. The lowest BCUT2D eigenvalue weighted by molar-refractivity contribution is -0.188. The third-order valence-electron chi connectivity index (χ3n) is 15.7. The van der Waals surface area contributed by atoms with E-state index in [1.807, 2.05) is 27.7 Å². The highest BCUT2D eigenvalue weighted by Crippen LogP contribution is 2.30. The van der Waals surface area contributed by atoms with Crippen LogP contribution in [0.3, 0.4) is 0 Å². The monoisotopic (exact) mass is 1150 g/mol. The molecule has 3 saturated heterocycles. The van der Waals surface area contributed by atoms with Crippen LogP contribution in [0.1, 0.15) is 152 Å². The summed E-state index contributed by atoms with van der Waals surface area (Å²) in [6, 6.07) is -2.62. The quantitative estimate of drug-likeness (QED) is 0.0259. The number of nitrogens with one attached hydrogen (secondary N) is 6. The third-order valence-corrected chi connectivity index (χ3v) is 15.7. The average molecular weight is 1150 g/mol. The summed E-state index contributed by atoms with van der Waals surface area (Å²) < 4.78 is 33.2. The van der Waals surface area contributed by atoms with Gasteiger partial charge in [0.05, 0.1) is 87.8 Å². The summed E-state index contributed by atoms with van der Waals surface area (Å²) in [5.74, 6) is -4.51. The standard InChI is InChI=1S/C55H100N8O17/c1-9-35(25-31(5)54(56)75)55(76)59-29-58-30-77-28-36(19-13-14-20-41-45(60-32(6)64)51(72)48(69)38(10-2)78-41)37(67)27-63(24-18-16-22-43-47(62-34(8)66)53(74)50(71)40(12-4)80-43)44(68)26-57-23-17-15-21-42-46(61-33(7)65)52(73)49(70)39(11-3)79-42/h31,35-36,38-43,45-53,57-58,69-74H,9-30H2,1-8H3,(H2,56,75)(H,59,76)(H,60,64)(H,61,65)(H,62,66)/t31?,35?,36?,38-,39-,40+,41-,42-,43+,45+,46+,47-,48+,49+,50-,51-,52-,53+/m1/s1/i/hT. The Morgan fingerprint density at radius 1 is 0.625 bits per heavy atom. The Bertz CT molecular complexity index is 1950. The molecule has 3 heterocycles. The second-order valence-electron chi connectivity index (χ2n) is 22.0. The number of Topliss-reactive ketones (excluding diaryl/α,β-unsaturated/α-hetero) is 1. The summed E-state index contributed by atoms with van der Waals surface area (Å²) in [6.45, 7) is 12.2. The van der Waals surface area contributed by atoms with Gasteiger partial charge in [-0.2, -0.15) is 0 Å². The van der Waals surface area contributed by atoms with Crippen LogP contribution in [0.25, 0.3) is 0 Å². The van der Waals surface area contributed by atoms with Gasteiger partial charge in [-0.3, -0.25) is 38.9 Å². The van der Waals surface area contributed by atoms with Crippen molar-refractivity contribution in [3.8, 4) is 0 Å². The van der Waals surface area contributed by atoms with Crippen molar-refractivity contribution in [3.63, 3.8) is 0 Å². The number of nitrogens with two attached hydrogens (primary N) is 1. The number of rotatable bonds is 37. The number of primary amides is 1. The van der Waals surface area contributed by atoms with Crippen LogP contribution in [0.2, 0.25) is 1.41 Å². The molecule has 0 saturated carbocycles. The fourth-order valence-corrected chi connectivity index (χ4v) is 10.9. The number of nitrogens with zero attached hydrogens (tertiary/aromatic N) is 1. The van der Waals surface area contributed by atoms with Crippen molar-refractivity contribution >= 4 is 41.2 Å². The molecule has 0 radical (unpaired) electrons. The van der Waals surface area contributed by atoms with E-state index in [1.54, 1.807) is 6.92 Å². The molecule has 3 aliphatic heterocycles. The molecule has 0 aromatic carbocycles. The molecule has 6 amide bonds. The van der Waals surface area contributed by atoms with Crippen LogP contribution in [-0.4, -0.2) is 214 Å². The van der Waals surface area contributed by atoms with Crippen LogP contribution in [-0.2, 0) is 52.5 Å². The molecule has 25 nitrogen and oxygen atoms in total. The zero-order chi connectivity index (χ0) is 60.5. The fourth-order valence-electron chi connectivity index (χ4n) is 10.9. The molecule has 0 aliphatic carbocycles. The number of carbonyl (C=O) groups excluding carboxylic acids is 7. The SMILES string of the molecule is [3H]N(CCCC[C@H]1O[C@H](CC)[C@H](O)[C@H](O)[C@H]1NC(C)=O)CC(=O)N(CCCC[C@@H]1O[C@@H](CC)[C@@H](O)[C@@H](O)[C@@H]1NC(C)=O)CC(=O)C(CCCC[C@H]1O[C@H](CC)[C@H](O)[C@H](O)[C@H]1NC(C)=O)COCNCNC(=O)C(CC)CC(C)C(N)=O. The molecule has 3 rings (SSSR count). The van der Waals surface area contributed by atoms with Gasteiger partial charge in [-0.25, -0.2) is 0 Å². The Labute approximate surface area is 474 Å². The van der Waals surface area contributed by atoms with Gasteiger partial charge < -0.3 is 86.8 Å². The van der Waals surface area contributed by atoms with E-state index in [1.165, 1.54) is 25.7 Å². The van der Waals surface area contributed by atoms with Crippen molar-refractivity contribution in [1.82, 2.24) is 36.8 Å². The summed E-state index contributed by atoms with van der Waals surface area (Å²) >= 11 is 0.